The molecule has 6 aromatic carbocycles. The van der Waals surface area contributed by atoms with Crippen LogP contribution in [0.3, 0.4) is 0 Å². The predicted molar refractivity (Wildman–Crippen MR) is 176 cm³/mol. The lowest BCUT2D eigenvalue weighted by Crippen LogP contribution is -2.01. The highest BCUT2D eigenvalue weighted by atomic mass is 19.1. The lowest BCUT2D eigenvalue weighted by atomic mass is 10.0. The number of para-hydroxylation sites is 2. The minimum atomic E-state index is -0.392. The van der Waals surface area contributed by atoms with Gasteiger partial charge in [0.05, 0.1) is 16.6 Å². The first-order valence-electron chi connectivity index (χ1n) is 14.5. The number of hydrogen-bond donors (Lipinski definition) is 0. The van der Waals surface area contributed by atoms with Crippen LogP contribution in [-0.4, -0.2) is 19.5 Å². The Morgan fingerprint density at radius 2 is 0.909 bits per heavy atom. The minimum Gasteiger partial charge on any atom is -0.309 e. The molecule has 8 aromatic rings. The van der Waals surface area contributed by atoms with Crippen molar-refractivity contribution in [3.05, 3.63) is 157 Å². The van der Waals surface area contributed by atoms with E-state index in [2.05, 4.69) is 65.2 Å². The van der Waals surface area contributed by atoms with E-state index in [0.29, 0.717) is 17.2 Å². The Morgan fingerprint density at radius 1 is 0.409 bits per heavy atom. The van der Waals surface area contributed by atoms with Crippen molar-refractivity contribution in [2.24, 2.45) is 0 Å². The largest absolute Gasteiger partial charge is 0.309 e. The maximum absolute atomic E-state index is 15.6. The molecule has 0 aliphatic rings. The third-order valence-electron chi connectivity index (χ3n) is 7.92. The van der Waals surface area contributed by atoms with Gasteiger partial charge in [-0.2, -0.15) is 0 Å². The van der Waals surface area contributed by atoms with Gasteiger partial charge in [0.2, 0.25) is 0 Å². The van der Waals surface area contributed by atoms with Crippen LogP contribution in [0.1, 0.15) is 0 Å². The van der Waals surface area contributed by atoms with Gasteiger partial charge >= 0.3 is 0 Å². The summed E-state index contributed by atoms with van der Waals surface area (Å²) < 4.78 is 17.9. The van der Waals surface area contributed by atoms with Crippen LogP contribution in [-0.2, 0) is 0 Å². The summed E-state index contributed by atoms with van der Waals surface area (Å²) in [5.41, 5.74) is 7.13. The summed E-state index contributed by atoms with van der Waals surface area (Å²) in [6, 6.07) is 49.8. The van der Waals surface area contributed by atoms with Gasteiger partial charge in [-0.1, -0.05) is 115 Å². The highest BCUT2D eigenvalue weighted by Gasteiger charge is 2.17. The number of nitrogens with zero attached hydrogens (tertiary/aromatic N) is 4. The van der Waals surface area contributed by atoms with Crippen molar-refractivity contribution in [3.63, 3.8) is 0 Å². The second kappa shape index (κ2) is 10.7. The third-order valence-corrected chi connectivity index (χ3v) is 7.92. The van der Waals surface area contributed by atoms with Gasteiger partial charge in [-0.15, -0.1) is 0 Å². The molecule has 0 aliphatic carbocycles. The van der Waals surface area contributed by atoms with Crippen LogP contribution in [0.5, 0.6) is 0 Å². The maximum Gasteiger partial charge on any atom is 0.167 e. The SMILES string of the molecule is Fc1ccc(-c2cccc(-n3c4ccccc4c4ccccc43)c2)cc1-c1nc(-c2ccccc2)nc(-c2ccccc2)n1. The summed E-state index contributed by atoms with van der Waals surface area (Å²) in [5, 5.41) is 2.41. The van der Waals surface area contributed by atoms with Crippen molar-refractivity contribution in [1.29, 1.82) is 0 Å². The van der Waals surface area contributed by atoms with E-state index in [1.165, 1.54) is 16.8 Å². The van der Waals surface area contributed by atoms with E-state index in [1.807, 2.05) is 78.9 Å². The Hall–Kier alpha value is -5.94. The van der Waals surface area contributed by atoms with Gasteiger partial charge < -0.3 is 4.57 Å². The zero-order valence-corrected chi connectivity index (χ0v) is 23.6. The van der Waals surface area contributed by atoms with E-state index in [-0.39, 0.29) is 5.82 Å². The van der Waals surface area contributed by atoms with Crippen LogP contribution in [0.25, 0.3) is 72.8 Å². The molecule has 0 amide bonds. The molecule has 8 rings (SSSR count). The second-order valence-corrected chi connectivity index (χ2v) is 10.7. The molecule has 44 heavy (non-hydrogen) atoms. The summed E-state index contributed by atoms with van der Waals surface area (Å²) in [6.07, 6.45) is 0. The Bertz CT molecular complexity index is 2180. The smallest absolute Gasteiger partial charge is 0.167 e. The van der Waals surface area contributed by atoms with Crippen molar-refractivity contribution < 1.29 is 4.39 Å². The second-order valence-electron chi connectivity index (χ2n) is 10.7. The molecule has 0 atom stereocenters. The van der Waals surface area contributed by atoms with Gasteiger partial charge in [0, 0.05) is 27.6 Å². The minimum absolute atomic E-state index is 0.288. The zero-order valence-electron chi connectivity index (χ0n) is 23.6. The molecule has 0 N–H and O–H groups in total. The van der Waals surface area contributed by atoms with Gasteiger partial charge in [0.15, 0.2) is 17.5 Å². The molecule has 5 heteroatoms. The lowest BCUT2D eigenvalue weighted by Gasteiger charge is -2.12. The molecule has 208 valence electrons. The standard InChI is InChI=1S/C39H25FN4/c40-34-23-22-29(28-16-11-17-30(24-28)44-35-20-9-7-18-31(35)32-19-8-10-21-36(32)44)25-33(34)39-42-37(26-12-3-1-4-13-26)41-38(43-39)27-14-5-2-6-15-27/h1-25H. The fraction of sp³-hybridized carbons (Fsp3) is 0. The highest BCUT2D eigenvalue weighted by molar-refractivity contribution is 6.09. The molecule has 0 fully saturated rings. The number of rotatable bonds is 5. The molecule has 0 spiro atoms. The molecule has 4 nitrogen and oxygen atoms in total. The topological polar surface area (TPSA) is 43.6 Å². The molecule has 0 saturated carbocycles. The average Bonchev–Trinajstić information content (AvgIpc) is 3.44. The lowest BCUT2D eigenvalue weighted by molar-refractivity contribution is 0.630. The average molecular weight is 569 g/mol. The molecule has 2 aromatic heterocycles. The summed E-state index contributed by atoms with van der Waals surface area (Å²) >= 11 is 0. The first-order chi connectivity index (χ1) is 21.7. The summed E-state index contributed by atoms with van der Waals surface area (Å²) in [4.78, 5) is 14.3. The number of benzene rings is 6. The maximum atomic E-state index is 15.6. The highest BCUT2D eigenvalue weighted by Crippen LogP contribution is 2.34. The normalized spacial score (nSPS) is 11.3. The van der Waals surface area contributed by atoms with Crippen molar-refractivity contribution >= 4 is 21.8 Å². The van der Waals surface area contributed by atoms with Crippen molar-refractivity contribution in [2.75, 3.05) is 0 Å². The third kappa shape index (κ3) is 4.52. The van der Waals surface area contributed by atoms with E-state index in [0.717, 1.165) is 39.0 Å². The molecule has 0 radical (unpaired) electrons. The first kappa shape index (κ1) is 25.7. The van der Waals surface area contributed by atoms with Crippen molar-refractivity contribution in [1.82, 2.24) is 19.5 Å². The first-order valence-corrected chi connectivity index (χ1v) is 14.5. The number of aromatic nitrogens is 4. The quantitative estimate of drug-likeness (QED) is 0.208. The fourth-order valence-electron chi connectivity index (χ4n) is 5.83. The van der Waals surface area contributed by atoms with E-state index in [4.69, 9.17) is 15.0 Å². The van der Waals surface area contributed by atoms with Crippen molar-refractivity contribution in [3.8, 4) is 51.0 Å². The van der Waals surface area contributed by atoms with E-state index in [9.17, 15) is 0 Å². The summed E-state index contributed by atoms with van der Waals surface area (Å²) in [5.74, 6) is 0.882. The molecule has 0 bridgehead atoms. The number of fused-ring (bicyclic) bond motifs is 3. The molecule has 0 unspecified atom stereocenters. The summed E-state index contributed by atoms with van der Waals surface area (Å²) in [7, 11) is 0. The Kier molecular flexibility index (Phi) is 6.27. The molecule has 0 saturated heterocycles. The van der Waals surface area contributed by atoms with E-state index in [1.54, 1.807) is 6.07 Å². The van der Waals surface area contributed by atoms with Gasteiger partial charge in [0.25, 0.3) is 0 Å². The zero-order chi connectivity index (χ0) is 29.5. The number of halogens is 1. The van der Waals surface area contributed by atoms with Crippen molar-refractivity contribution in [2.45, 2.75) is 0 Å². The Labute approximate surface area is 253 Å². The molecular weight excluding hydrogens is 543 g/mol. The van der Waals surface area contributed by atoms with Crippen LogP contribution in [0, 0.1) is 5.82 Å². The van der Waals surface area contributed by atoms with Gasteiger partial charge in [0.1, 0.15) is 5.82 Å². The number of hydrogen-bond acceptors (Lipinski definition) is 3. The Morgan fingerprint density at radius 3 is 1.52 bits per heavy atom. The van der Waals surface area contributed by atoms with E-state index >= 15 is 4.39 Å². The predicted octanol–water partition coefficient (Wildman–Crippen LogP) is 9.78. The van der Waals surface area contributed by atoms with Crippen LogP contribution >= 0.6 is 0 Å². The van der Waals surface area contributed by atoms with E-state index < -0.39 is 5.82 Å². The molecular formula is C39H25FN4. The molecule has 2 heterocycles. The van der Waals surface area contributed by atoms with Gasteiger partial charge in [-0.25, -0.2) is 19.3 Å². The Balaban J connectivity index is 1.27. The van der Waals surface area contributed by atoms with Crippen LogP contribution < -0.4 is 0 Å². The van der Waals surface area contributed by atoms with Gasteiger partial charge in [-0.3, -0.25) is 0 Å². The van der Waals surface area contributed by atoms with Crippen LogP contribution in [0.2, 0.25) is 0 Å². The monoisotopic (exact) mass is 568 g/mol. The van der Waals surface area contributed by atoms with Gasteiger partial charge in [-0.05, 0) is 47.5 Å². The van der Waals surface area contributed by atoms with Crippen LogP contribution in [0.4, 0.5) is 4.39 Å². The fourth-order valence-corrected chi connectivity index (χ4v) is 5.83. The summed E-state index contributed by atoms with van der Waals surface area (Å²) in [6.45, 7) is 0. The van der Waals surface area contributed by atoms with Crippen LogP contribution in [0.15, 0.2) is 152 Å². The molecule has 0 aliphatic heterocycles.